The fourth-order valence-electron chi connectivity index (χ4n) is 1.54. The first-order chi connectivity index (χ1) is 8.93. The van der Waals surface area contributed by atoms with Gasteiger partial charge in [-0.05, 0) is 12.1 Å². The van der Waals surface area contributed by atoms with Crippen molar-refractivity contribution in [2.45, 2.75) is 18.5 Å². The highest BCUT2D eigenvalue weighted by Gasteiger charge is 2.49. The van der Waals surface area contributed by atoms with Crippen molar-refractivity contribution in [1.82, 2.24) is 9.78 Å². The van der Waals surface area contributed by atoms with Crippen LogP contribution in [0.5, 0.6) is 0 Å². The Balaban J connectivity index is 2.27. The molecule has 0 aliphatic heterocycles. The van der Waals surface area contributed by atoms with Crippen LogP contribution in [0.2, 0.25) is 0 Å². The second kappa shape index (κ2) is 5.00. The lowest BCUT2D eigenvalue weighted by atomic mass is 10.1. The largest absolute Gasteiger partial charge is 0.382 e. The van der Waals surface area contributed by atoms with E-state index in [-0.39, 0.29) is 5.56 Å². The second-order valence-electron chi connectivity index (χ2n) is 3.93. The van der Waals surface area contributed by atoms with Gasteiger partial charge >= 0.3 is 12.3 Å². The second-order valence-corrected chi connectivity index (χ2v) is 3.93. The van der Waals surface area contributed by atoms with Crippen molar-refractivity contribution in [1.29, 1.82) is 0 Å². The number of benzene rings is 1. The number of halogens is 4. The fourth-order valence-corrected chi connectivity index (χ4v) is 1.54. The topological polar surface area (TPSA) is 38.1 Å². The normalized spacial score (nSPS) is 13.8. The van der Waals surface area contributed by atoms with Crippen molar-refractivity contribution in [3.05, 3.63) is 48.3 Å². The fraction of sp³-hybridized carbons (Fsp3) is 0.250. The van der Waals surface area contributed by atoms with Crippen LogP contribution in [0.25, 0.3) is 5.69 Å². The summed E-state index contributed by atoms with van der Waals surface area (Å²) in [4.78, 5) is 0. The van der Waals surface area contributed by atoms with E-state index in [9.17, 15) is 22.7 Å². The van der Waals surface area contributed by atoms with Crippen LogP contribution in [0, 0.1) is 0 Å². The molecule has 0 aliphatic rings. The summed E-state index contributed by atoms with van der Waals surface area (Å²) >= 11 is 0. The average molecular weight is 274 g/mol. The van der Waals surface area contributed by atoms with Crippen LogP contribution >= 0.6 is 0 Å². The number of hydrogen-bond donors (Lipinski definition) is 1. The number of aliphatic hydroxyl groups excluding tert-OH is 1. The number of para-hydroxylation sites is 1. The van der Waals surface area contributed by atoms with E-state index in [1.807, 2.05) is 0 Å². The minimum Gasteiger partial charge on any atom is -0.382 e. The number of nitrogens with zero attached hydrogens (tertiary/aromatic N) is 2. The van der Waals surface area contributed by atoms with Gasteiger partial charge < -0.3 is 5.11 Å². The van der Waals surface area contributed by atoms with E-state index in [0.717, 1.165) is 12.4 Å². The molecule has 2 aromatic rings. The summed E-state index contributed by atoms with van der Waals surface area (Å²) in [6, 6.07) is 8.50. The van der Waals surface area contributed by atoms with Crippen LogP contribution in [0.3, 0.4) is 0 Å². The Morgan fingerprint density at radius 2 is 1.79 bits per heavy atom. The molecular formula is C12H10F4N2O. The lowest BCUT2D eigenvalue weighted by molar-refractivity contribution is -0.193. The van der Waals surface area contributed by atoms with Gasteiger partial charge in [-0.25, -0.2) is 13.5 Å². The highest BCUT2D eigenvalue weighted by molar-refractivity contribution is 5.31. The molecule has 0 amide bonds. The summed E-state index contributed by atoms with van der Waals surface area (Å²) < 4.78 is 51.5. The Kier molecular flexibility index (Phi) is 3.57. The zero-order valence-electron chi connectivity index (χ0n) is 9.55. The van der Waals surface area contributed by atoms with Crippen molar-refractivity contribution in [3.63, 3.8) is 0 Å². The predicted octanol–water partition coefficient (Wildman–Crippen LogP) is 2.81. The Morgan fingerprint density at radius 1 is 1.16 bits per heavy atom. The van der Waals surface area contributed by atoms with E-state index in [4.69, 9.17) is 0 Å². The predicted molar refractivity (Wildman–Crippen MR) is 59.5 cm³/mol. The molecule has 0 radical (unpaired) electrons. The first-order valence-corrected chi connectivity index (χ1v) is 5.37. The quantitative estimate of drug-likeness (QED) is 0.871. The van der Waals surface area contributed by atoms with Gasteiger partial charge in [0.1, 0.15) is 0 Å². The third-order valence-corrected chi connectivity index (χ3v) is 2.59. The summed E-state index contributed by atoms with van der Waals surface area (Å²) in [6.45, 7) is 0. The summed E-state index contributed by atoms with van der Waals surface area (Å²) in [5.41, 5.74) is 0.204. The summed E-state index contributed by atoms with van der Waals surface area (Å²) in [5.74, 6) is -4.51. The Morgan fingerprint density at radius 3 is 2.37 bits per heavy atom. The van der Waals surface area contributed by atoms with Crippen molar-refractivity contribution >= 4 is 0 Å². The standard InChI is InChI=1S/C12H10F4N2O/c13-11(14)12(15,16)10(19)8-6-17-18(7-8)9-4-2-1-3-5-9/h1-7,10-11,19H. The maximum Gasteiger partial charge on any atom is 0.336 e. The SMILES string of the molecule is OC(c1cnn(-c2ccccc2)c1)C(F)(F)C(F)F. The van der Waals surface area contributed by atoms with E-state index in [1.165, 1.54) is 4.68 Å². The van der Waals surface area contributed by atoms with Gasteiger partial charge in [0, 0.05) is 11.8 Å². The van der Waals surface area contributed by atoms with Crippen LogP contribution < -0.4 is 0 Å². The molecule has 0 spiro atoms. The van der Waals surface area contributed by atoms with Crippen LogP contribution in [0.15, 0.2) is 42.7 Å². The van der Waals surface area contributed by atoms with Gasteiger partial charge in [0.2, 0.25) is 0 Å². The maximum absolute atomic E-state index is 13.0. The molecule has 1 atom stereocenters. The van der Waals surface area contributed by atoms with Crippen LogP contribution in [0.1, 0.15) is 11.7 Å². The molecule has 3 nitrogen and oxygen atoms in total. The molecule has 2 rings (SSSR count). The molecule has 19 heavy (non-hydrogen) atoms. The van der Waals surface area contributed by atoms with Crippen molar-refractivity contribution in [2.24, 2.45) is 0 Å². The van der Waals surface area contributed by atoms with E-state index in [2.05, 4.69) is 5.10 Å². The molecule has 0 saturated heterocycles. The van der Waals surface area contributed by atoms with Crippen molar-refractivity contribution < 1.29 is 22.7 Å². The Labute approximate surface area is 106 Å². The van der Waals surface area contributed by atoms with E-state index >= 15 is 0 Å². The first kappa shape index (κ1) is 13.5. The van der Waals surface area contributed by atoms with Gasteiger partial charge in [-0.1, -0.05) is 18.2 Å². The zero-order valence-corrected chi connectivity index (χ0v) is 9.55. The molecule has 7 heteroatoms. The Bertz CT molecular complexity index is 542. The van der Waals surface area contributed by atoms with Gasteiger partial charge in [0.15, 0.2) is 6.10 Å². The molecule has 0 bridgehead atoms. The first-order valence-electron chi connectivity index (χ1n) is 5.37. The monoisotopic (exact) mass is 274 g/mol. The third kappa shape index (κ3) is 2.60. The molecule has 1 aromatic carbocycles. The van der Waals surface area contributed by atoms with Crippen LogP contribution in [0.4, 0.5) is 17.6 Å². The Hall–Kier alpha value is -1.89. The molecule has 0 fully saturated rings. The number of alkyl halides is 4. The number of aliphatic hydroxyl groups is 1. The summed E-state index contributed by atoms with van der Waals surface area (Å²) in [7, 11) is 0. The van der Waals surface area contributed by atoms with Gasteiger partial charge in [-0.3, -0.25) is 0 Å². The van der Waals surface area contributed by atoms with Gasteiger partial charge in [0.05, 0.1) is 11.9 Å². The minimum absolute atomic E-state index is 0.367. The molecule has 0 saturated carbocycles. The summed E-state index contributed by atoms with van der Waals surface area (Å²) in [6.07, 6.45) is -4.50. The smallest absolute Gasteiger partial charge is 0.336 e. The van der Waals surface area contributed by atoms with Gasteiger partial charge in [-0.2, -0.15) is 13.9 Å². The number of hydrogen-bond acceptors (Lipinski definition) is 2. The third-order valence-electron chi connectivity index (χ3n) is 2.59. The van der Waals surface area contributed by atoms with E-state index < -0.39 is 18.5 Å². The lowest BCUT2D eigenvalue weighted by Crippen LogP contribution is -2.34. The molecule has 1 aromatic heterocycles. The van der Waals surface area contributed by atoms with Gasteiger partial charge in [0.25, 0.3) is 0 Å². The molecule has 1 N–H and O–H groups in total. The highest BCUT2D eigenvalue weighted by Crippen LogP contribution is 2.36. The minimum atomic E-state index is -4.51. The van der Waals surface area contributed by atoms with Gasteiger partial charge in [-0.15, -0.1) is 0 Å². The number of rotatable bonds is 4. The highest BCUT2D eigenvalue weighted by atomic mass is 19.3. The van der Waals surface area contributed by atoms with Crippen LogP contribution in [-0.2, 0) is 0 Å². The summed E-state index contributed by atoms with van der Waals surface area (Å²) in [5, 5.41) is 13.1. The van der Waals surface area contributed by atoms with Crippen molar-refractivity contribution in [2.75, 3.05) is 0 Å². The van der Waals surface area contributed by atoms with E-state index in [1.54, 1.807) is 30.3 Å². The molecule has 1 heterocycles. The van der Waals surface area contributed by atoms with Crippen molar-refractivity contribution in [3.8, 4) is 5.69 Å². The molecule has 0 aliphatic carbocycles. The average Bonchev–Trinajstić information content (AvgIpc) is 2.88. The van der Waals surface area contributed by atoms with Crippen LogP contribution in [-0.4, -0.2) is 27.2 Å². The molecule has 102 valence electrons. The molecule has 1 unspecified atom stereocenters. The number of aromatic nitrogens is 2. The zero-order chi connectivity index (χ0) is 14.0. The van der Waals surface area contributed by atoms with E-state index in [0.29, 0.717) is 5.69 Å². The molecular weight excluding hydrogens is 264 g/mol. The maximum atomic E-state index is 13.0. The lowest BCUT2D eigenvalue weighted by Gasteiger charge is -2.20.